The zero-order valence-corrected chi connectivity index (χ0v) is 12.5. The van der Waals surface area contributed by atoms with Crippen molar-refractivity contribution in [2.75, 3.05) is 13.1 Å². The molecule has 21 heavy (non-hydrogen) atoms. The molecule has 2 amide bonds. The summed E-state index contributed by atoms with van der Waals surface area (Å²) < 4.78 is 13.7. The van der Waals surface area contributed by atoms with Crippen molar-refractivity contribution in [3.63, 3.8) is 0 Å². The molecule has 2 N–H and O–H groups in total. The molecule has 0 spiro atoms. The highest BCUT2D eigenvalue weighted by Crippen LogP contribution is 2.10. The van der Waals surface area contributed by atoms with Gasteiger partial charge in [0, 0.05) is 18.7 Å². The Kier molecular flexibility index (Phi) is 5.68. The molecule has 6 heteroatoms. The SMILES string of the molecule is CCN(CC(C)(C)O)C(=O)NCc1ccc(C#N)cc1F. The zero-order chi connectivity index (χ0) is 16.0. The number of carbonyl (C=O) groups excluding carboxylic acids is 1. The fraction of sp³-hybridized carbons (Fsp3) is 0.467. The number of benzene rings is 1. The van der Waals surface area contributed by atoms with Crippen molar-refractivity contribution in [2.45, 2.75) is 32.9 Å². The topological polar surface area (TPSA) is 76.4 Å². The molecule has 0 atom stereocenters. The van der Waals surface area contributed by atoms with Gasteiger partial charge in [-0.3, -0.25) is 0 Å². The van der Waals surface area contributed by atoms with Crippen LogP contribution in [0.4, 0.5) is 9.18 Å². The van der Waals surface area contributed by atoms with E-state index in [1.807, 2.05) is 6.07 Å². The lowest BCUT2D eigenvalue weighted by molar-refractivity contribution is 0.0479. The molecule has 0 aliphatic rings. The van der Waals surface area contributed by atoms with Crippen LogP contribution < -0.4 is 5.32 Å². The smallest absolute Gasteiger partial charge is 0.317 e. The summed E-state index contributed by atoms with van der Waals surface area (Å²) in [4.78, 5) is 13.4. The molecule has 1 aromatic rings. The van der Waals surface area contributed by atoms with Crippen molar-refractivity contribution in [2.24, 2.45) is 0 Å². The molecule has 0 aromatic heterocycles. The number of urea groups is 1. The highest BCUT2D eigenvalue weighted by atomic mass is 19.1. The Morgan fingerprint density at radius 2 is 2.19 bits per heavy atom. The number of halogens is 1. The lowest BCUT2D eigenvalue weighted by Gasteiger charge is -2.28. The summed E-state index contributed by atoms with van der Waals surface area (Å²) in [5.41, 5.74) is -0.450. The first kappa shape index (κ1) is 16.9. The second-order valence-corrected chi connectivity index (χ2v) is 5.40. The van der Waals surface area contributed by atoms with E-state index in [0.717, 1.165) is 6.07 Å². The maximum Gasteiger partial charge on any atom is 0.317 e. The van der Waals surface area contributed by atoms with E-state index in [0.29, 0.717) is 12.1 Å². The van der Waals surface area contributed by atoms with Gasteiger partial charge in [-0.15, -0.1) is 0 Å². The molecule has 0 aliphatic heterocycles. The molecule has 0 aliphatic carbocycles. The normalized spacial score (nSPS) is 10.9. The number of amides is 2. The minimum Gasteiger partial charge on any atom is -0.389 e. The predicted molar refractivity (Wildman–Crippen MR) is 76.9 cm³/mol. The minimum absolute atomic E-state index is 0.0265. The van der Waals surface area contributed by atoms with Gasteiger partial charge in [0.15, 0.2) is 0 Å². The summed E-state index contributed by atoms with van der Waals surface area (Å²) in [5.74, 6) is -0.528. The minimum atomic E-state index is -0.993. The van der Waals surface area contributed by atoms with Crippen molar-refractivity contribution >= 4 is 6.03 Å². The van der Waals surface area contributed by atoms with E-state index in [1.165, 1.54) is 17.0 Å². The second kappa shape index (κ2) is 7.04. The van der Waals surface area contributed by atoms with E-state index in [2.05, 4.69) is 5.32 Å². The summed E-state index contributed by atoms with van der Waals surface area (Å²) in [5, 5.41) is 21.0. The Hall–Kier alpha value is -2.13. The molecular formula is C15H20FN3O2. The summed E-state index contributed by atoms with van der Waals surface area (Å²) in [6.45, 7) is 5.68. The van der Waals surface area contributed by atoms with E-state index >= 15 is 0 Å². The van der Waals surface area contributed by atoms with E-state index in [-0.39, 0.29) is 24.7 Å². The number of nitrogens with zero attached hydrogens (tertiary/aromatic N) is 2. The molecule has 1 rings (SSSR count). The van der Waals surface area contributed by atoms with Gasteiger partial charge >= 0.3 is 6.03 Å². The lowest BCUT2D eigenvalue weighted by Crippen LogP contribution is -2.46. The standard InChI is InChI=1S/C15H20FN3O2/c1-4-19(10-15(2,3)21)14(20)18-9-12-6-5-11(8-17)7-13(12)16/h5-7,21H,4,9-10H2,1-3H3,(H,18,20). The summed E-state index contributed by atoms with van der Waals surface area (Å²) in [6.07, 6.45) is 0. The van der Waals surface area contributed by atoms with Gasteiger partial charge < -0.3 is 15.3 Å². The van der Waals surface area contributed by atoms with Crippen LogP contribution in [-0.2, 0) is 6.54 Å². The van der Waals surface area contributed by atoms with Crippen LogP contribution in [0.1, 0.15) is 31.9 Å². The molecule has 0 fully saturated rings. The van der Waals surface area contributed by atoms with Crippen LogP contribution in [0.3, 0.4) is 0 Å². The summed E-state index contributed by atoms with van der Waals surface area (Å²) in [7, 11) is 0. The van der Waals surface area contributed by atoms with Crippen LogP contribution in [-0.4, -0.2) is 34.7 Å². The highest BCUT2D eigenvalue weighted by Gasteiger charge is 2.21. The maximum atomic E-state index is 13.7. The van der Waals surface area contributed by atoms with E-state index in [9.17, 15) is 14.3 Å². The van der Waals surface area contributed by atoms with Crippen molar-refractivity contribution in [1.82, 2.24) is 10.2 Å². The molecule has 0 bridgehead atoms. The number of hydrogen-bond acceptors (Lipinski definition) is 3. The van der Waals surface area contributed by atoms with E-state index < -0.39 is 11.4 Å². The van der Waals surface area contributed by atoms with Gasteiger partial charge in [-0.1, -0.05) is 6.07 Å². The third kappa shape index (κ3) is 5.40. The molecule has 0 radical (unpaired) electrons. The highest BCUT2D eigenvalue weighted by molar-refractivity contribution is 5.74. The Bertz CT molecular complexity index is 547. The number of rotatable bonds is 5. The first-order chi connectivity index (χ1) is 9.76. The van der Waals surface area contributed by atoms with E-state index in [4.69, 9.17) is 5.26 Å². The van der Waals surface area contributed by atoms with Crippen LogP contribution in [0, 0.1) is 17.1 Å². The van der Waals surface area contributed by atoms with Crippen LogP contribution in [0.15, 0.2) is 18.2 Å². The Morgan fingerprint density at radius 3 is 2.67 bits per heavy atom. The predicted octanol–water partition coefficient (Wildman–Crippen LogP) is 2.00. The average molecular weight is 293 g/mol. The van der Waals surface area contributed by atoms with Crippen LogP contribution >= 0.6 is 0 Å². The number of likely N-dealkylation sites (N-methyl/N-ethyl adjacent to an activating group) is 1. The molecule has 1 aromatic carbocycles. The third-order valence-electron chi connectivity index (χ3n) is 2.86. The maximum absolute atomic E-state index is 13.7. The fourth-order valence-electron chi connectivity index (χ4n) is 1.84. The van der Waals surface area contributed by atoms with E-state index in [1.54, 1.807) is 20.8 Å². The van der Waals surface area contributed by atoms with Gasteiger partial charge in [0.1, 0.15) is 5.82 Å². The lowest BCUT2D eigenvalue weighted by atomic mass is 10.1. The molecule has 5 nitrogen and oxygen atoms in total. The number of carbonyl (C=O) groups is 1. The Morgan fingerprint density at radius 1 is 1.52 bits per heavy atom. The Balaban J connectivity index is 2.66. The largest absolute Gasteiger partial charge is 0.389 e. The first-order valence-corrected chi connectivity index (χ1v) is 6.70. The molecule has 0 saturated carbocycles. The van der Waals surface area contributed by atoms with Crippen molar-refractivity contribution < 1.29 is 14.3 Å². The molecule has 0 heterocycles. The number of hydrogen-bond donors (Lipinski definition) is 2. The van der Waals surface area contributed by atoms with Crippen LogP contribution in [0.25, 0.3) is 0 Å². The van der Waals surface area contributed by atoms with Gasteiger partial charge in [0.2, 0.25) is 0 Å². The summed E-state index contributed by atoms with van der Waals surface area (Å²) in [6, 6.07) is 5.58. The van der Waals surface area contributed by atoms with Crippen molar-refractivity contribution in [3.05, 3.63) is 35.1 Å². The van der Waals surface area contributed by atoms with Crippen LogP contribution in [0.5, 0.6) is 0 Å². The Labute approximate surface area is 124 Å². The van der Waals surface area contributed by atoms with Gasteiger partial charge in [-0.2, -0.15) is 5.26 Å². The third-order valence-corrected chi connectivity index (χ3v) is 2.86. The van der Waals surface area contributed by atoms with Gasteiger partial charge in [0.25, 0.3) is 0 Å². The van der Waals surface area contributed by atoms with Crippen molar-refractivity contribution in [3.8, 4) is 6.07 Å². The molecule has 0 unspecified atom stereocenters. The zero-order valence-electron chi connectivity index (χ0n) is 12.5. The van der Waals surface area contributed by atoms with Gasteiger partial charge in [-0.05, 0) is 32.9 Å². The fourth-order valence-corrected chi connectivity index (χ4v) is 1.84. The molecule has 114 valence electrons. The van der Waals surface area contributed by atoms with Gasteiger partial charge in [0.05, 0.1) is 23.8 Å². The van der Waals surface area contributed by atoms with Crippen molar-refractivity contribution in [1.29, 1.82) is 5.26 Å². The monoisotopic (exact) mass is 293 g/mol. The number of nitrogens with one attached hydrogen (secondary N) is 1. The number of aliphatic hydroxyl groups is 1. The van der Waals surface area contributed by atoms with Crippen LogP contribution in [0.2, 0.25) is 0 Å². The first-order valence-electron chi connectivity index (χ1n) is 6.70. The molecule has 0 saturated heterocycles. The molecular weight excluding hydrogens is 273 g/mol. The quantitative estimate of drug-likeness (QED) is 0.871. The number of nitriles is 1. The average Bonchev–Trinajstić information content (AvgIpc) is 2.41. The van der Waals surface area contributed by atoms with Gasteiger partial charge in [-0.25, -0.2) is 9.18 Å². The second-order valence-electron chi connectivity index (χ2n) is 5.40. The summed E-state index contributed by atoms with van der Waals surface area (Å²) >= 11 is 0.